The molecule has 0 saturated heterocycles. The number of aromatic nitrogens is 1. The van der Waals surface area contributed by atoms with Gasteiger partial charge in [0.1, 0.15) is 5.54 Å². The molecule has 0 spiro atoms. The summed E-state index contributed by atoms with van der Waals surface area (Å²) in [7, 11) is 1.66. The molecule has 1 amide bonds. The van der Waals surface area contributed by atoms with E-state index < -0.39 is 11.5 Å². The number of nitrogens with two attached hydrogens (primary N) is 1. The fourth-order valence-corrected chi connectivity index (χ4v) is 5.43. The molecule has 1 aliphatic heterocycles. The van der Waals surface area contributed by atoms with Crippen LogP contribution in [0.5, 0.6) is 0 Å². The van der Waals surface area contributed by atoms with Gasteiger partial charge in [-0.15, -0.1) is 22.7 Å². The zero-order valence-electron chi connectivity index (χ0n) is 16.9. The summed E-state index contributed by atoms with van der Waals surface area (Å²) in [6, 6.07) is 11.7. The van der Waals surface area contributed by atoms with Gasteiger partial charge in [-0.25, -0.2) is 9.98 Å². The molecule has 0 saturated carbocycles. The minimum absolute atomic E-state index is 0.0583. The third kappa shape index (κ3) is 3.51. The Kier molecular flexibility index (Phi) is 5.18. The Morgan fingerprint density at radius 1 is 1.27 bits per heavy atom. The van der Waals surface area contributed by atoms with Crippen molar-refractivity contribution in [2.75, 3.05) is 7.05 Å². The van der Waals surface area contributed by atoms with Crippen molar-refractivity contribution in [3.63, 3.8) is 0 Å². The second-order valence-electron chi connectivity index (χ2n) is 7.52. The lowest BCUT2D eigenvalue weighted by molar-refractivity contribution is -0.134. The van der Waals surface area contributed by atoms with E-state index in [9.17, 15) is 10.1 Å². The second-order valence-corrected chi connectivity index (χ2v) is 9.50. The maximum absolute atomic E-state index is 13.2. The molecular formula is C22H21N5OS2. The van der Waals surface area contributed by atoms with Crippen molar-refractivity contribution in [2.45, 2.75) is 25.8 Å². The molecule has 0 aliphatic carbocycles. The van der Waals surface area contributed by atoms with Crippen LogP contribution < -0.4 is 5.73 Å². The Bertz CT molecular complexity index is 1190. The molecule has 2 N–H and O–H groups in total. The number of nitrogens with zero attached hydrogens (tertiary/aromatic N) is 4. The average molecular weight is 436 g/mol. The van der Waals surface area contributed by atoms with E-state index in [1.807, 2.05) is 42.8 Å². The van der Waals surface area contributed by atoms with E-state index in [0.29, 0.717) is 12.0 Å². The van der Waals surface area contributed by atoms with E-state index in [-0.39, 0.29) is 11.9 Å². The van der Waals surface area contributed by atoms with Gasteiger partial charge in [-0.3, -0.25) is 9.69 Å². The first-order valence-electron chi connectivity index (χ1n) is 9.45. The van der Waals surface area contributed by atoms with Crippen LogP contribution >= 0.6 is 22.7 Å². The van der Waals surface area contributed by atoms with Crippen LogP contribution in [0.4, 0.5) is 0 Å². The van der Waals surface area contributed by atoms with Gasteiger partial charge >= 0.3 is 0 Å². The van der Waals surface area contributed by atoms with Gasteiger partial charge in [-0.1, -0.05) is 12.1 Å². The van der Waals surface area contributed by atoms with Gasteiger partial charge in [-0.2, -0.15) is 5.26 Å². The summed E-state index contributed by atoms with van der Waals surface area (Å²) in [5.41, 5.74) is 8.78. The zero-order valence-corrected chi connectivity index (χ0v) is 18.5. The number of amides is 1. The highest BCUT2D eigenvalue weighted by Crippen LogP contribution is 2.43. The van der Waals surface area contributed by atoms with Gasteiger partial charge in [0.15, 0.2) is 5.96 Å². The molecule has 8 heteroatoms. The van der Waals surface area contributed by atoms with E-state index in [4.69, 9.17) is 10.7 Å². The summed E-state index contributed by atoms with van der Waals surface area (Å²) in [4.78, 5) is 24.9. The van der Waals surface area contributed by atoms with Gasteiger partial charge in [0.25, 0.3) is 0 Å². The number of carbonyl (C=O) groups excluding carboxylic acids is 1. The summed E-state index contributed by atoms with van der Waals surface area (Å²) < 4.78 is 0. The van der Waals surface area contributed by atoms with Gasteiger partial charge in [-0.05, 0) is 48.6 Å². The lowest BCUT2D eigenvalue weighted by atomic mass is 9.79. The van der Waals surface area contributed by atoms with Crippen LogP contribution in [0, 0.1) is 24.2 Å². The number of thiophene rings is 1. The molecule has 1 aromatic carbocycles. The van der Waals surface area contributed by atoms with Crippen molar-refractivity contribution in [3.8, 4) is 17.2 Å². The van der Waals surface area contributed by atoms with Crippen LogP contribution in [0.25, 0.3) is 11.1 Å². The molecule has 1 aliphatic rings. The first kappa shape index (κ1) is 20.3. The summed E-state index contributed by atoms with van der Waals surface area (Å²) in [6.07, 6.45) is 0.498. The van der Waals surface area contributed by atoms with Crippen molar-refractivity contribution in [1.82, 2.24) is 9.88 Å². The highest BCUT2D eigenvalue weighted by molar-refractivity contribution is 7.10. The lowest BCUT2D eigenvalue weighted by Gasteiger charge is -2.39. The molecular weight excluding hydrogens is 414 g/mol. The normalized spacial score (nSPS) is 21.4. The van der Waals surface area contributed by atoms with Crippen LogP contribution in [0.15, 0.2) is 46.1 Å². The number of guanidine groups is 1. The Morgan fingerprint density at radius 3 is 2.77 bits per heavy atom. The number of aliphatic imine (C=N–C) groups is 1. The fourth-order valence-electron chi connectivity index (χ4n) is 3.72. The van der Waals surface area contributed by atoms with Crippen molar-refractivity contribution in [3.05, 3.63) is 62.2 Å². The Labute approximate surface area is 183 Å². The molecule has 2 atom stereocenters. The van der Waals surface area contributed by atoms with Crippen molar-refractivity contribution >= 4 is 34.5 Å². The standard InChI is InChI=1S/C22H21N5OS2/c1-13-25-17(12-29-13)9-18-20(28)27(3)21(24)26-22(18,2)19-8-16(11-30-19)15-6-4-5-14(7-15)10-23/h4-8,11-12,18H,9H2,1-3H3,(H2,24,26)/t18-,22-/m0/s1. The molecule has 0 bridgehead atoms. The lowest BCUT2D eigenvalue weighted by Crippen LogP contribution is -2.54. The minimum Gasteiger partial charge on any atom is -0.369 e. The van der Waals surface area contributed by atoms with E-state index in [1.165, 1.54) is 4.90 Å². The average Bonchev–Trinajstić information content (AvgIpc) is 3.39. The Morgan fingerprint density at radius 2 is 2.07 bits per heavy atom. The quantitative estimate of drug-likeness (QED) is 0.672. The van der Waals surface area contributed by atoms with Crippen LogP contribution in [-0.4, -0.2) is 28.8 Å². The molecule has 0 radical (unpaired) electrons. The number of hydrogen-bond acceptors (Lipinski definition) is 7. The second kappa shape index (κ2) is 7.67. The molecule has 2 aromatic heterocycles. The van der Waals surface area contributed by atoms with Gasteiger partial charge in [0.05, 0.1) is 28.3 Å². The number of benzene rings is 1. The van der Waals surface area contributed by atoms with E-state index in [0.717, 1.165) is 26.7 Å². The Hall–Kier alpha value is -3.02. The number of carbonyl (C=O) groups is 1. The van der Waals surface area contributed by atoms with Gasteiger partial charge in [0.2, 0.25) is 5.91 Å². The predicted octanol–water partition coefficient (Wildman–Crippen LogP) is 3.91. The van der Waals surface area contributed by atoms with E-state index in [1.54, 1.807) is 35.8 Å². The molecule has 30 heavy (non-hydrogen) atoms. The van der Waals surface area contributed by atoms with Crippen LogP contribution in [0.2, 0.25) is 0 Å². The van der Waals surface area contributed by atoms with Crippen LogP contribution in [0.3, 0.4) is 0 Å². The first-order chi connectivity index (χ1) is 14.3. The summed E-state index contributed by atoms with van der Waals surface area (Å²) in [5.74, 6) is -0.250. The molecule has 0 fully saturated rings. The molecule has 6 nitrogen and oxygen atoms in total. The van der Waals surface area contributed by atoms with Crippen LogP contribution in [-0.2, 0) is 16.8 Å². The Balaban J connectivity index is 1.76. The van der Waals surface area contributed by atoms with Gasteiger partial charge < -0.3 is 5.73 Å². The largest absolute Gasteiger partial charge is 0.369 e. The fraction of sp³-hybridized carbons (Fsp3) is 0.273. The van der Waals surface area contributed by atoms with Crippen molar-refractivity contribution in [2.24, 2.45) is 16.6 Å². The number of hydrogen-bond donors (Lipinski definition) is 1. The molecule has 3 aromatic rings. The topological polar surface area (TPSA) is 95.4 Å². The molecule has 4 rings (SSSR count). The monoisotopic (exact) mass is 435 g/mol. The van der Waals surface area contributed by atoms with Crippen molar-refractivity contribution < 1.29 is 4.79 Å². The van der Waals surface area contributed by atoms with Gasteiger partial charge in [0, 0.05) is 23.7 Å². The first-order valence-corrected chi connectivity index (χ1v) is 11.2. The van der Waals surface area contributed by atoms with Crippen LogP contribution in [0.1, 0.15) is 28.1 Å². The smallest absolute Gasteiger partial charge is 0.235 e. The SMILES string of the molecule is Cc1nc(C[C@H]2C(=O)N(C)C(N)=N[C@]2(C)c2cc(-c3cccc(C#N)c3)cs2)cs1. The summed E-state index contributed by atoms with van der Waals surface area (Å²) in [5, 5.41) is 14.2. The van der Waals surface area contributed by atoms with E-state index in [2.05, 4.69) is 17.1 Å². The molecule has 3 heterocycles. The third-order valence-electron chi connectivity index (χ3n) is 5.50. The number of aryl methyl sites for hydroxylation is 1. The molecule has 152 valence electrons. The summed E-state index contributed by atoms with van der Waals surface area (Å²) in [6.45, 7) is 3.93. The predicted molar refractivity (Wildman–Crippen MR) is 120 cm³/mol. The van der Waals surface area contributed by atoms with E-state index >= 15 is 0 Å². The third-order valence-corrected chi connectivity index (χ3v) is 7.48. The van der Waals surface area contributed by atoms with Crippen molar-refractivity contribution in [1.29, 1.82) is 5.26 Å². The minimum atomic E-state index is -0.791. The maximum Gasteiger partial charge on any atom is 0.235 e. The summed E-state index contributed by atoms with van der Waals surface area (Å²) >= 11 is 3.13. The highest BCUT2D eigenvalue weighted by atomic mass is 32.1. The molecule has 0 unspecified atom stereocenters. The zero-order chi connectivity index (χ0) is 21.5. The number of nitriles is 1. The number of thiazole rings is 1. The number of rotatable bonds is 4. The highest BCUT2D eigenvalue weighted by Gasteiger charge is 2.47. The maximum atomic E-state index is 13.2.